The minimum absolute atomic E-state index is 0.0289. The predicted molar refractivity (Wildman–Crippen MR) is 91.2 cm³/mol. The van der Waals surface area contributed by atoms with Gasteiger partial charge in [-0.1, -0.05) is 31.1 Å². The number of aromatic nitrogens is 2. The zero-order chi connectivity index (χ0) is 18.6. The van der Waals surface area contributed by atoms with Crippen molar-refractivity contribution in [3.63, 3.8) is 0 Å². The van der Waals surface area contributed by atoms with Crippen molar-refractivity contribution in [2.45, 2.75) is 46.1 Å². The minimum atomic E-state index is -0.956. The summed E-state index contributed by atoms with van der Waals surface area (Å²) in [6.45, 7) is 7.32. The molecule has 2 N–H and O–H groups in total. The van der Waals surface area contributed by atoms with Gasteiger partial charge in [0.2, 0.25) is 17.6 Å². The smallest absolute Gasteiger partial charge is 0.227 e. The Bertz CT molecular complexity index is 741. The second-order valence-electron chi connectivity index (χ2n) is 6.76. The number of aliphatic hydroxyl groups is 1. The van der Waals surface area contributed by atoms with Gasteiger partial charge in [0.05, 0.1) is 5.60 Å². The highest BCUT2D eigenvalue weighted by atomic mass is 19.1. The third-order valence-corrected chi connectivity index (χ3v) is 4.35. The number of benzene rings is 1. The molecule has 0 spiro atoms. The van der Waals surface area contributed by atoms with Gasteiger partial charge in [-0.25, -0.2) is 4.39 Å². The van der Waals surface area contributed by atoms with Crippen molar-refractivity contribution in [2.75, 3.05) is 6.54 Å². The fourth-order valence-electron chi connectivity index (χ4n) is 2.00. The van der Waals surface area contributed by atoms with E-state index in [4.69, 9.17) is 4.52 Å². The SMILES string of the molecule is Cc1ccc(-c2noc(CCC(=O)NCC(C)(O)C(C)C)n2)cc1F. The number of amides is 1. The van der Waals surface area contributed by atoms with Crippen LogP contribution in [0, 0.1) is 18.7 Å². The lowest BCUT2D eigenvalue weighted by molar-refractivity contribution is -0.122. The first-order chi connectivity index (χ1) is 11.7. The molecule has 25 heavy (non-hydrogen) atoms. The van der Waals surface area contributed by atoms with Crippen LogP contribution in [0.1, 0.15) is 38.6 Å². The average molecular weight is 349 g/mol. The summed E-state index contributed by atoms with van der Waals surface area (Å²) >= 11 is 0. The third kappa shape index (κ3) is 5.09. The molecule has 0 radical (unpaired) electrons. The highest BCUT2D eigenvalue weighted by Crippen LogP contribution is 2.19. The Balaban J connectivity index is 1.89. The van der Waals surface area contributed by atoms with Gasteiger partial charge in [0.25, 0.3) is 0 Å². The van der Waals surface area contributed by atoms with Crippen molar-refractivity contribution in [1.29, 1.82) is 0 Å². The summed E-state index contributed by atoms with van der Waals surface area (Å²) in [5.74, 6) is 0.0856. The highest BCUT2D eigenvalue weighted by Gasteiger charge is 2.25. The number of carbonyl (C=O) groups excluding carboxylic acids is 1. The number of nitrogens with one attached hydrogen (secondary N) is 1. The first-order valence-electron chi connectivity index (χ1n) is 8.27. The summed E-state index contributed by atoms with van der Waals surface area (Å²) in [6, 6.07) is 4.72. The van der Waals surface area contributed by atoms with E-state index < -0.39 is 5.60 Å². The van der Waals surface area contributed by atoms with E-state index >= 15 is 0 Å². The highest BCUT2D eigenvalue weighted by molar-refractivity contribution is 5.76. The zero-order valence-electron chi connectivity index (χ0n) is 15.0. The van der Waals surface area contributed by atoms with Gasteiger partial charge in [0, 0.05) is 24.9 Å². The van der Waals surface area contributed by atoms with Crippen LogP contribution in [0.4, 0.5) is 4.39 Å². The lowest BCUT2D eigenvalue weighted by Gasteiger charge is -2.27. The van der Waals surface area contributed by atoms with E-state index in [1.165, 1.54) is 6.07 Å². The second-order valence-corrected chi connectivity index (χ2v) is 6.76. The predicted octanol–water partition coefficient (Wildman–Crippen LogP) is 2.64. The fraction of sp³-hybridized carbons (Fsp3) is 0.500. The van der Waals surface area contributed by atoms with Crippen LogP contribution in [0.5, 0.6) is 0 Å². The molecule has 0 fully saturated rings. The minimum Gasteiger partial charge on any atom is -0.388 e. The number of aryl methyl sites for hydroxylation is 2. The van der Waals surface area contributed by atoms with Gasteiger partial charge in [0.1, 0.15) is 5.82 Å². The van der Waals surface area contributed by atoms with Gasteiger partial charge in [0.15, 0.2) is 0 Å². The maximum Gasteiger partial charge on any atom is 0.227 e. The Morgan fingerprint density at radius 3 is 2.80 bits per heavy atom. The molecule has 7 heteroatoms. The van der Waals surface area contributed by atoms with Gasteiger partial charge in [-0.2, -0.15) is 4.98 Å². The molecular formula is C18H24FN3O3. The molecule has 1 aromatic carbocycles. The molecule has 2 rings (SSSR count). The van der Waals surface area contributed by atoms with Crippen molar-refractivity contribution < 1.29 is 18.8 Å². The molecule has 0 saturated carbocycles. The largest absolute Gasteiger partial charge is 0.388 e. The summed E-state index contributed by atoms with van der Waals surface area (Å²) in [7, 11) is 0. The second kappa shape index (κ2) is 7.74. The normalized spacial score (nSPS) is 13.7. The van der Waals surface area contributed by atoms with Gasteiger partial charge in [-0.15, -0.1) is 0 Å². The van der Waals surface area contributed by atoms with Gasteiger partial charge in [-0.05, 0) is 31.4 Å². The summed E-state index contributed by atoms with van der Waals surface area (Å²) < 4.78 is 18.7. The maximum atomic E-state index is 13.6. The molecule has 0 aliphatic rings. The molecule has 1 heterocycles. The van der Waals surface area contributed by atoms with Gasteiger partial charge < -0.3 is 14.9 Å². The van der Waals surface area contributed by atoms with E-state index in [2.05, 4.69) is 15.5 Å². The van der Waals surface area contributed by atoms with E-state index in [9.17, 15) is 14.3 Å². The summed E-state index contributed by atoms with van der Waals surface area (Å²) in [4.78, 5) is 16.1. The maximum absolute atomic E-state index is 13.6. The number of nitrogens with zero attached hydrogens (tertiary/aromatic N) is 2. The van der Waals surface area contributed by atoms with Crippen molar-refractivity contribution >= 4 is 5.91 Å². The first-order valence-corrected chi connectivity index (χ1v) is 8.27. The van der Waals surface area contributed by atoms with Crippen molar-refractivity contribution in [3.8, 4) is 11.4 Å². The van der Waals surface area contributed by atoms with E-state index in [0.717, 1.165) is 0 Å². The summed E-state index contributed by atoms with van der Waals surface area (Å²) in [6.07, 6.45) is 0.440. The standard InChI is InChI=1S/C18H24FN3O3/c1-11(2)18(4,24)10-20-15(23)7-8-16-21-17(22-25-16)13-6-5-12(3)14(19)9-13/h5-6,9,11,24H,7-8,10H2,1-4H3,(H,20,23). The number of rotatable bonds is 7. The Morgan fingerprint density at radius 2 is 2.16 bits per heavy atom. The van der Waals surface area contributed by atoms with E-state index in [1.54, 1.807) is 26.0 Å². The number of hydrogen-bond donors (Lipinski definition) is 2. The van der Waals surface area contributed by atoms with Crippen LogP contribution in [0.3, 0.4) is 0 Å². The third-order valence-electron chi connectivity index (χ3n) is 4.35. The lowest BCUT2D eigenvalue weighted by Crippen LogP contribution is -2.44. The van der Waals surface area contributed by atoms with Crippen molar-refractivity contribution in [3.05, 3.63) is 35.5 Å². The Hall–Kier alpha value is -2.28. The van der Waals surface area contributed by atoms with Crippen LogP contribution in [0.25, 0.3) is 11.4 Å². The van der Waals surface area contributed by atoms with Crippen LogP contribution >= 0.6 is 0 Å². The zero-order valence-corrected chi connectivity index (χ0v) is 15.0. The quantitative estimate of drug-likeness (QED) is 0.802. The van der Waals surface area contributed by atoms with E-state index in [1.807, 2.05) is 13.8 Å². The Kier molecular flexibility index (Phi) is 5.89. The molecule has 1 atom stereocenters. The lowest BCUT2D eigenvalue weighted by atomic mass is 9.92. The molecule has 136 valence electrons. The molecule has 0 aliphatic carbocycles. The molecule has 0 saturated heterocycles. The number of carbonyl (C=O) groups is 1. The first kappa shape index (κ1) is 19.1. The van der Waals surface area contributed by atoms with E-state index in [0.29, 0.717) is 17.0 Å². The molecule has 0 aliphatic heterocycles. The molecule has 1 unspecified atom stereocenters. The summed E-state index contributed by atoms with van der Waals surface area (Å²) in [5, 5.41) is 16.6. The van der Waals surface area contributed by atoms with Crippen LogP contribution in [0.2, 0.25) is 0 Å². The number of hydrogen-bond acceptors (Lipinski definition) is 5. The number of halogens is 1. The fourth-order valence-corrected chi connectivity index (χ4v) is 2.00. The molecule has 1 aromatic heterocycles. The molecule has 0 bridgehead atoms. The van der Waals surface area contributed by atoms with Crippen molar-refractivity contribution in [2.24, 2.45) is 5.92 Å². The summed E-state index contributed by atoms with van der Waals surface area (Å²) in [5.41, 5.74) is 0.111. The average Bonchev–Trinajstić information content (AvgIpc) is 3.02. The topological polar surface area (TPSA) is 88.2 Å². The van der Waals surface area contributed by atoms with Crippen LogP contribution in [-0.4, -0.2) is 33.3 Å². The van der Waals surface area contributed by atoms with Gasteiger partial charge >= 0.3 is 0 Å². The van der Waals surface area contributed by atoms with Crippen LogP contribution in [-0.2, 0) is 11.2 Å². The monoisotopic (exact) mass is 349 g/mol. The molecule has 6 nitrogen and oxygen atoms in total. The van der Waals surface area contributed by atoms with Gasteiger partial charge in [-0.3, -0.25) is 4.79 Å². The van der Waals surface area contributed by atoms with Crippen LogP contribution in [0.15, 0.2) is 22.7 Å². The van der Waals surface area contributed by atoms with Crippen molar-refractivity contribution in [1.82, 2.24) is 15.5 Å². The molecule has 2 aromatic rings. The van der Waals surface area contributed by atoms with E-state index in [-0.39, 0.29) is 42.9 Å². The van der Waals surface area contributed by atoms with Crippen LogP contribution < -0.4 is 5.32 Å². The molecule has 1 amide bonds. The Labute approximate surface area is 146 Å². The Morgan fingerprint density at radius 1 is 1.44 bits per heavy atom. The molecular weight excluding hydrogens is 325 g/mol.